The minimum absolute atomic E-state index is 0.481. The van der Waals surface area contributed by atoms with Gasteiger partial charge in [0.2, 0.25) is 0 Å². The summed E-state index contributed by atoms with van der Waals surface area (Å²) in [5, 5.41) is 10.9. The van der Waals surface area contributed by atoms with Gasteiger partial charge in [-0.05, 0) is 12.6 Å². The number of nitrogens with one attached hydrogen (secondary N) is 1. The first kappa shape index (κ1) is 8.99. The number of hydrogen-bond acceptors (Lipinski definition) is 3. The molecule has 0 saturated carbocycles. The SMILES string of the molecule is C=CNCOCCCC#N. The van der Waals surface area contributed by atoms with E-state index in [2.05, 4.69) is 11.9 Å². The van der Waals surface area contributed by atoms with Gasteiger partial charge >= 0.3 is 0 Å². The minimum atomic E-state index is 0.481. The standard InChI is InChI=1S/C7H12N2O/c1-2-9-7-10-6-4-3-5-8/h2,9H,1,3-4,6-7H2. The fourth-order valence-electron chi connectivity index (χ4n) is 0.443. The molecule has 0 heterocycles. The van der Waals surface area contributed by atoms with Crippen LogP contribution in [0, 0.1) is 11.3 Å². The van der Waals surface area contributed by atoms with Crippen LogP contribution in [-0.4, -0.2) is 13.3 Å². The summed E-state index contributed by atoms with van der Waals surface area (Å²) in [6.07, 6.45) is 2.94. The maximum absolute atomic E-state index is 8.13. The Labute approximate surface area is 61.3 Å². The lowest BCUT2D eigenvalue weighted by Crippen LogP contribution is -2.10. The molecule has 0 aromatic carbocycles. The van der Waals surface area contributed by atoms with Crippen molar-refractivity contribution >= 4 is 0 Å². The van der Waals surface area contributed by atoms with E-state index >= 15 is 0 Å². The molecule has 1 N–H and O–H groups in total. The van der Waals surface area contributed by atoms with E-state index in [4.69, 9.17) is 10.00 Å². The van der Waals surface area contributed by atoms with Crippen molar-refractivity contribution in [1.82, 2.24) is 5.32 Å². The minimum Gasteiger partial charge on any atom is -0.369 e. The molecule has 10 heavy (non-hydrogen) atoms. The topological polar surface area (TPSA) is 45.0 Å². The van der Waals surface area contributed by atoms with Crippen LogP contribution < -0.4 is 5.32 Å². The zero-order valence-electron chi connectivity index (χ0n) is 5.97. The van der Waals surface area contributed by atoms with Gasteiger partial charge in [0.25, 0.3) is 0 Å². The third-order valence-electron chi connectivity index (χ3n) is 0.907. The predicted molar refractivity (Wildman–Crippen MR) is 39.0 cm³/mol. The third-order valence-corrected chi connectivity index (χ3v) is 0.907. The zero-order valence-corrected chi connectivity index (χ0v) is 5.97. The first-order valence-corrected chi connectivity index (χ1v) is 3.20. The van der Waals surface area contributed by atoms with E-state index in [0.717, 1.165) is 6.42 Å². The van der Waals surface area contributed by atoms with Gasteiger partial charge in [0.1, 0.15) is 6.73 Å². The molecule has 0 aromatic rings. The van der Waals surface area contributed by atoms with Crippen LogP contribution in [0.15, 0.2) is 12.8 Å². The summed E-state index contributed by atoms with van der Waals surface area (Å²) in [6.45, 7) is 4.57. The summed E-state index contributed by atoms with van der Waals surface area (Å²) in [4.78, 5) is 0. The molecule has 56 valence electrons. The first-order chi connectivity index (χ1) is 4.91. The second kappa shape index (κ2) is 7.99. The van der Waals surface area contributed by atoms with Crippen LogP contribution in [0.1, 0.15) is 12.8 Å². The lowest BCUT2D eigenvalue weighted by Gasteiger charge is -2.00. The van der Waals surface area contributed by atoms with Crippen molar-refractivity contribution in [1.29, 1.82) is 5.26 Å². The molecule has 0 aliphatic carbocycles. The maximum Gasteiger partial charge on any atom is 0.116 e. The first-order valence-electron chi connectivity index (χ1n) is 3.20. The van der Waals surface area contributed by atoms with Gasteiger partial charge in [0.15, 0.2) is 0 Å². The summed E-state index contributed by atoms with van der Waals surface area (Å²) in [5.41, 5.74) is 0. The molecule has 3 heteroatoms. The molecular formula is C7H12N2O. The second-order valence-electron chi connectivity index (χ2n) is 1.72. The molecule has 0 radical (unpaired) electrons. The Bertz CT molecular complexity index is 117. The molecule has 0 unspecified atom stereocenters. The second-order valence-corrected chi connectivity index (χ2v) is 1.72. The Kier molecular flexibility index (Phi) is 7.18. The van der Waals surface area contributed by atoms with Crippen LogP contribution in [0.5, 0.6) is 0 Å². The van der Waals surface area contributed by atoms with Gasteiger partial charge in [-0.3, -0.25) is 0 Å². The molecule has 3 nitrogen and oxygen atoms in total. The number of unbranched alkanes of at least 4 members (excludes halogenated alkanes) is 1. The average molecular weight is 140 g/mol. The van der Waals surface area contributed by atoms with E-state index in [1.54, 1.807) is 6.20 Å². The lowest BCUT2D eigenvalue weighted by molar-refractivity contribution is 0.124. The van der Waals surface area contributed by atoms with Gasteiger partial charge in [-0.15, -0.1) is 0 Å². The van der Waals surface area contributed by atoms with Crippen LogP contribution >= 0.6 is 0 Å². The highest BCUT2D eigenvalue weighted by Gasteiger charge is 1.84. The van der Waals surface area contributed by atoms with Gasteiger partial charge in [-0.1, -0.05) is 6.58 Å². The van der Waals surface area contributed by atoms with Crippen molar-refractivity contribution in [2.24, 2.45) is 0 Å². The van der Waals surface area contributed by atoms with E-state index in [1.807, 2.05) is 6.07 Å². The molecule has 0 amide bonds. The fraction of sp³-hybridized carbons (Fsp3) is 0.571. The Balaban J connectivity index is 2.78. The lowest BCUT2D eigenvalue weighted by atomic mass is 10.3. The van der Waals surface area contributed by atoms with Gasteiger partial charge in [0, 0.05) is 13.0 Å². The zero-order chi connectivity index (χ0) is 7.66. The number of nitriles is 1. The highest BCUT2D eigenvalue weighted by molar-refractivity contribution is 4.67. The monoisotopic (exact) mass is 140 g/mol. The maximum atomic E-state index is 8.13. The third kappa shape index (κ3) is 6.99. The molecule has 0 aromatic heterocycles. The van der Waals surface area contributed by atoms with Crippen molar-refractivity contribution in [3.63, 3.8) is 0 Å². The summed E-state index contributed by atoms with van der Waals surface area (Å²) >= 11 is 0. The highest BCUT2D eigenvalue weighted by Crippen LogP contribution is 1.85. The fourth-order valence-corrected chi connectivity index (χ4v) is 0.443. The van der Waals surface area contributed by atoms with E-state index in [9.17, 15) is 0 Å². The average Bonchev–Trinajstić information content (AvgIpc) is 1.97. The number of rotatable bonds is 6. The number of ether oxygens (including phenoxy) is 1. The molecular weight excluding hydrogens is 128 g/mol. The Morgan fingerprint density at radius 1 is 1.70 bits per heavy atom. The van der Waals surface area contributed by atoms with Crippen molar-refractivity contribution in [2.45, 2.75) is 12.8 Å². The van der Waals surface area contributed by atoms with Gasteiger partial charge in [-0.25, -0.2) is 0 Å². The van der Waals surface area contributed by atoms with Crippen LogP contribution in [0.3, 0.4) is 0 Å². The Morgan fingerprint density at radius 3 is 3.10 bits per heavy atom. The van der Waals surface area contributed by atoms with Crippen LogP contribution in [-0.2, 0) is 4.74 Å². The molecule has 0 bridgehead atoms. The Hall–Kier alpha value is -1.01. The molecule has 0 fully saturated rings. The predicted octanol–water partition coefficient (Wildman–Crippen LogP) is 0.997. The smallest absolute Gasteiger partial charge is 0.116 e. The quantitative estimate of drug-likeness (QED) is 0.442. The molecule has 0 rings (SSSR count). The molecule has 0 spiro atoms. The summed E-state index contributed by atoms with van der Waals surface area (Å²) in [6, 6.07) is 2.04. The molecule has 0 aliphatic rings. The van der Waals surface area contributed by atoms with Crippen molar-refractivity contribution in [2.75, 3.05) is 13.3 Å². The van der Waals surface area contributed by atoms with Crippen LogP contribution in [0.2, 0.25) is 0 Å². The van der Waals surface area contributed by atoms with Crippen LogP contribution in [0.4, 0.5) is 0 Å². The van der Waals surface area contributed by atoms with Crippen molar-refractivity contribution in [3.05, 3.63) is 12.8 Å². The molecule has 0 saturated heterocycles. The summed E-state index contributed by atoms with van der Waals surface area (Å²) in [7, 11) is 0. The van der Waals surface area contributed by atoms with Gasteiger partial charge in [-0.2, -0.15) is 5.26 Å². The summed E-state index contributed by atoms with van der Waals surface area (Å²) in [5.74, 6) is 0. The van der Waals surface area contributed by atoms with Crippen LogP contribution in [0.25, 0.3) is 0 Å². The van der Waals surface area contributed by atoms with Crippen molar-refractivity contribution < 1.29 is 4.74 Å². The number of hydrogen-bond donors (Lipinski definition) is 1. The van der Waals surface area contributed by atoms with Gasteiger partial charge < -0.3 is 10.1 Å². The van der Waals surface area contributed by atoms with Gasteiger partial charge in [0.05, 0.1) is 6.07 Å². The summed E-state index contributed by atoms with van der Waals surface area (Å²) < 4.78 is 5.04. The van der Waals surface area contributed by atoms with E-state index in [1.165, 1.54) is 0 Å². The highest BCUT2D eigenvalue weighted by atomic mass is 16.5. The Morgan fingerprint density at radius 2 is 2.50 bits per heavy atom. The molecule has 0 atom stereocenters. The molecule has 0 aliphatic heterocycles. The number of nitrogens with zero attached hydrogens (tertiary/aromatic N) is 1. The normalized spacial score (nSPS) is 8.30. The van der Waals surface area contributed by atoms with E-state index in [-0.39, 0.29) is 0 Å². The van der Waals surface area contributed by atoms with E-state index < -0.39 is 0 Å². The largest absolute Gasteiger partial charge is 0.369 e. The van der Waals surface area contributed by atoms with E-state index in [0.29, 0.717) is 19.8 Å². The van der Waals surface area contributed by atoms with Crippen molar-refractivity contribution in [3.8, 4) is 6.07 Å².